The molecule has 4 fully saturated rings. The Morgan fingerprint density at radius 1 is 0.551 bits per heavy atom. The predicted molar refractivity (Wildman–Crippen MR) is 211 cm³/mol. The topological polar surface area (TPSA) is 93.2 Å². The first-order valence-corrected chi connectivity index (χ1v) is 20.5. The Morgan fingerprint density at radius 3 is 1.23 bits per heavy atom. The fraction of sp³-hybridized carbons (Fsp3) is 0.675. The zero-order valence-corrected chi connectivity index (χ0v) is 35.5. The summed E-state index contributed by atoms with van der Waals surface area (Å²) in [4.78, 5) is 19.8. The second-order valence-corrected chi connectivity index (χ2v) is 15.5. The number of carbonyl (C=O) groups is 1. The van der Waals surface area contributed by atoms with Gasteiger partial charge in [0.2, 0.25) is 6.10 Å². The van der Waals surface area contributed by atoms with Gasteiger partial charge in [0.25, 0.3) is 6.10 Å². The van der Waals surface area contributed by atoms with Crippen molar-refractivity contribution < 1.29 is 103 Å². The van der Waals surface area contributed by atoms with E-state index in [1.807, 2.05) is 4.90 Å². The zero-order valence-electron chi connectivity index (χ0n) is 35.5. The molecule has 69 heavy (non-hydrogen) atoms. The van der Waals surface area contributed by atoms with E-state index in [0.29, 0.717) is 81.0 Å². The number of alkyl halides is 18. The maximum absolute atomic E-state index is 13.7. The highest BCUT2D eigenvalue weighted by Crippen LogP contribution is 2.39. The molecule has 0 bridgehead atoms. The summed E-state index contributed by atoms with van der Waals surface area (Å²) >= 11 is 0. The Bertz CT molecular complexity index is 1860. The van der Waals surface area contributed by atoms with Gasteiger partial charge in [-0.1, -0.05) is 19.6 Å². The maximum atomic E-state index is 13.7. The largest absolute Gasteiger partial charge is 0.434 e. The van der Waals surface area contributed by atoms with Gasteiger partial charge in [0.05, 0.1) is 37.6 Å². The fourth-order valence-electron chi connectivity index (χ4n) is 7.09. The number of morpholine rings is 2. The standard InChI is InChI=1S/C20H22F9N3O3.C16H22F3N3O.C3H2F6O.CH4/c21-18(22,23)15-11-14(31-7-9-34-10-8-31)2-1-13(15)12-30-3-5-32(6-4-30)17(33)35-16(19(24,25)26)20(27,28)29;17-16(18,19)15-11-14(22-7-9-23-10-8-22)2-1-13(15)12-21-5-3-20-4-6-21;4-2(5,6)1(10)3(7,8)9;/h1-2,11,16H,3-10,12H2;1-2,11,20H,3-10,12H2;1,10H;1H4. The number of anilines is 2. The van der Waals surface area contributed by atoms with Gasteiger partial charge in [-0.05, 0) is 35.4 Å². The number of aliphatic hydroxyl groups is 1. The Hall–Kier alpha value is -4.19. The van der Waals surface area contributed by atoms with Crippen LogP contribution in [0.1, 0.15) is 29.7 Å². The molecule has 29 heteroatoms. The van der Waals surface area contributed by atoms with Crippen LogP contribution in [-0.2, 0) is 39.7 Å². The minimum absolute atomic E-state index is 0. The van der Waals surface area contributed by atoms with Crippen molar-refractivity contribution in [3.8, 4) is 0 Å². The molecule has 4 heterocycles. The summed E-state index contributed by atoms with van der Waals surface area (Å²) in [5.74, 6) is 0. The van der Waals surface area contributed by atoms with Crippen molar-refractivity contribution in [2.45, 2.75) is 69.8 Å². The lowest BCUT2D eigenvalue weighted by Crippen LogP contribution is -2.52. The van der Waals surface area contributed by atoms with Gasteiger partial charge >= 0.3 is 43.2 Å². The van der Waals surface area contributed by atoms with Crippen molar-refractivity contribution in [2.75, 3.05) is 115 Å². The number of hydrogen-bond donors (Lipinski definition) is 2. The molecule has 0 atom stereocenters. The number of nitrogens with zero attached hydrogens (tertiary/aromatic N) is 5. The Balaban J connectivity index is 0.000000317. The fourth-order valence-corrected chi connectivity index (χ4v) is 7.09. The number of rotatable bonds is 7. The number of nitrogens with one attached hydrogen (secondary N) is 1. The normalized spacial score (nSPS) is 18.5. The summed E-state index contributed by atoms with van der Waals surface area (Å²) in [5.41, 5.74) is -0.0248. The summed E-state index contributed by atoms with van der Waals surface area (Å²) in [6.45, 7) is 6.68. The van der Waals surface area contributed by atoms with Crippen LogP contribution in [0.2, 0.25) is 0 Å². The van der Waals surface area contributed by atoms with Crippen LogP contribution in [0.25, 0.3) is 0 Å². The van der Waals surface area contributed by atoms with E-state index >= 15 is 0 Å². The van der Waals surface area contributed by atoms with E-state index in [4.69, 9.17) is 14.6 Å². The number of halogens is 18. The summed E-state index contributed by atoms with van der Waals surface area (Å²) in [5, 5.41) is 10.7. The molecular weight excluding hydrogens is 986 g/mol. The number of ether oxygens (including phenoxy) is 3. The Morgan fingerprint density at radius 2 is 0.913 bits per heavy atom. The zero-order chi connectivity index (χ0) is 50.9. The van der Waals surface area contributed by atoms with Crippen LogP contribution >= 0.6 is 0 Å². The predicted octanol–water partition coefficient (Wildman–Crippen LogP) is 8.34. The third kappa shape index (κ3) is 18.2. The molecule has 11 nitrogen and oxygen atoms in total. The maximum Gasteiger partial charge on any atom is 0.434 e. The molecule has 0 aromatic heterocycles. The molecule has 0 aliphatic carbocycles. The van der Waals surface area contributed by atoms with Crippen molar-refractivity contribution >= 4 is 17.5 Å². The molecule has 396 valence electrons. The van der Waals surface area contributed by atoms with Crippen molar-refractivity contribution in [3.63, 3.8) is 0 Å². The third-order valence-electron chi connectivity index (χ3n) is 10.6. The first-order valence-electron chi connectivity index (χ1n) is 20.5. The van der Waals surface area contributed by atoms with Gasteiger partial charge < -0.3 is 39.3 Å². The van der Waals surface area contributed by atoms with Crippen LogP contribution in [0, 0.1) is 0 Å². The van der Waals surface area contributed by atoms with E-state index in [9.17, 15) is 83.8 Å². The average Bonchev–Trinajstić information content (AvgIpc) is 3.25. The van der Waals surface area contributed by atoms with Crippen LogP contribution in [0.4, 0.5) is 95.2 Å². The molecule has 2 aromatic carbocycles. The highest BCUT2D eigenvalue weighted by atomic mass is 19.4. The van der Waals surface area contributed by atoms with Crippen LogP contribution in [0.15, 0.2) is 36.4 Å². The quantitative estimate of drug-likeness (QED) is 0.264. The van der Waals surface area contributed by atoms with Gasteiger partial charge in [0.1, 0.15) is 0 Å². The average molecular weight is 1040 g/mol. The van der Waals surface area contributed by atoms with E-state index < -0.39 is 66.5 Å². The molecule has 4 aliphatic rings. The molecule has 2 aromatic rings. The van der Waals surface area contributed by atoms with E-state index in [1.54, 1.807) is 23.1 Å². The molecule has 4 aliphatic heterocycles. The SMILES string of the molecule is C.FC(F)(F)c1cc(N2CCOCC2)ccc1CN1CCNCC1.O=C(OC(C(F)(F)F)C(F)(F)F)N1CCN(Cc2ccc(N3CCOCC3)cc2C(F)(F)F)CC1.OC(C(F)(F)F)C(F)(F)F. The molecule has 6 rings (SSSR count). The Labute approximate surface area is 383 Å². The van der Waals surface area contributed by atoms with E-state index in [2.05, 4.69) is 15.0 Å². The molecule has 4 saturated heterocycles. The number of aliphatic hydroxyl groups excluding tert-OH is 1. The highest BCUT2D eigenvalue weighted by Gasteiger charge is 2.60. The molecule has 2 N–H and O–H groups in total. The van der Waals surface area contributed by atoms with Crippen LogP contribution in [0.3, 0.4) is 0 Å². The Kier molecular flexibility index (Phi) is 20.8. The minimum Gasteiger partial charge on any atom is -0.426 e. The summed E-state index contributed by atoms with van der Waals surface area (Å²) in [7, 11) is 0. The van der Waals surface area contributed by atoms with Gasteiger partial charge in [-0.15, -0.1) is 0 Å². The highest BCUT2D eigenvalue weighted by molar-refractivity contribution is 5.68. The first kappa shape index (κ1) is 59.1. The summed E-state index contributed by atoms with van der Waals surface area (Å²) < 4.78 is 237. The van der Waals surface area contributed by atoms with Crippen LogP contribution in [0.5, 0.6) is 0 Å². The second-order valence-electron chi connectivity index (χ2n) is 15.5. The number of amides is 1. The monoisotopic (exact) mass is 1040 g/mol. The minimum atomic E-state index is -5.84. The summed E-state index contributed by atoms with van der Waals surface area (Å²) in [6.07, 6.45) is -42.2. The molecule has 0 radical (unpaired) electrons. The molecule has 0 saturated carbocycles. The van der Waals surface area contributed by atoms with Crippen molar-refractivity contribution in [3.05, 3.63) is 58.7 Å². The van der Waals surface area contributed by atoms with E-state index in [0.717, 1.165) is 32.2 Å². The number of piperazine rings is 2. The van der Waals surface area contributed by atoms with Gasteiger partial charge in [-0.25, -0.2) is 4.79 Å². The van der Waals surface area contributed by atoms with E-state index in [1.165, 1.54) is 17.0 Å². The van der Waals surface area contributed by atoms with Gasteiger partial charge in [-0.2, -0.15) is 79.0 Å². The molecule has 0 spiro atoms. The molecular formula is C40H50F18N6O5. The lowest BCUT2D eigenvalue weighted by molar-refractivity contribution is -0.309. The van der Waals surface area contributed by atoms with Crippen molar-refractivity contribution in [1.82, 2.24) is 20.0 Å². The van der Waals surface area contributed by atoms with Gasteiger partial charge in [0, 0.05) is 103 Å². The number of hydrogen-bond acceptors (Lipinski definition) is 10. The second kappa shape index (κ2) is 24.3. The van der Waals surface area contributed by atoms with Gasteiger partial charge in [-0.3, -0.25) is 9.80 Å². The summed E-state index contributed by atoms with van der Waals surface area (Å²) in [6, 6.07) is 8.67. The van der Waals surface area contributed by atoms with Gasteiger partial charge in [0.15, 0.2) is 0 Å². The smallest absolute Gasteiger partial charge is 0.426 e. The number of carbonyl (C=O) groups excluding carboxylic acids is 1. The molecule has 1 amide bonds. The third-order valence-corrected chi connectivity index (χ3v) is 10.6. The lowest BCUT2D eigenvalue weighted by atomic mass is 10.0. The van der Waals surface area contributed by atoms with Crippen LogP contribution < -0.4 is 15.1 Å². The van der Waals surface area contributed by atoms with Crippen molar-refractivity contribution in [2.24, 2.45) is 0 Å². The van der Waals surface area contributed by atoms with E-state index in [-0.39, 0.29) is 45.7 Å². The van der Waals surface area contributed by atoms with Crippen molar-refractivity contribution in [1.29, 1.82) is 0 Å². The van der Waals surface area contributed by atoms with Crippen LogP contribution in [-0.4, -0.2) is 168 Å². The first-order chi connectivity index (χ1) is 31.4. The lowest BCUT2D eigenvalue weighted by Gasteiger charge is -2.35. The number of benzene rings is 2. The molecule has 0 unspecified atom stereocenters.